The van der Waals surface area contributed by atoms with Crippen molar-refractivity contribution in [1.82, 2.24) is 0 Å². The molecule has 15 heavy (non-hydrogen) atoms. The number of ether oxygens (including phenoxy) is 1. The van der Waals surface area contributed by atoms with Crippen molar-refractivity contribution in [1.29, 1.82) is 0 Å². The van der Waals surface area contributed by atoms with Crippen LogP contribution in [0.2, 0.25) is 0 Å². The minimum Gasteiger partial charge on any atom is -0.491 e. The summed E-state index contributed by atoms with van der Waals surface area (Å²) in [6.07, 6.45) is 1.63. The van der Waals surface area contributed by atoms with E-state index in [1.165, 1.54) is 12.1 Å². The van der Waals surface area contributed by atoms with Crippen LogP contribution in [-0.4, -0.2) is 23.9 Å². The van der Waals surface area contributed by atoms with Crippen molar-refractivity contribution in [3.05, 3.63) is 23.5 Å². The van der Waals surface area contributed by atoms with E-state index in [1.54, 1.807) is 13.2 Å². The molecule has 0 aliphatic carbocycles. The lowest BCUT2D eigenvalue weighted by molar-refractivity contribution is 0.0692. The molecule has 1 aromatic rings. The minimum absolute atomic E-state index is 0.0385. The van der Waals surface area contributed by atoms with Crippen molar-refractivity contribution >= 4 is 17.7 Å². The summed E-state index contributed by atoms with van der Waals surface area (Å²) in [6.45, 7) is 2.08. The number of hydrogen-bond acceptors (Lipinski definition) is 3. The summed E-state index contributed by atoms with van der Waals surface area (Å²) < 4.78 is 18.7. The van der Waals surface area contributed by atoms with Gasteiger partial charge in [-0.15, -0.1) is 11.8 Å². The normalized spacial score (nSPS) is 10.1. The molecule has 0 saturated heterocycles. The maximum atomic E-state index is 13.7. The van der Waals surface area contributed by atoms with Crippen LogP contribution in [0.1, 0.15) is 17.3 Å². The standard InChI is InChI=1S/C10H11FO3S/c1-3-14-7-5-4-6(10(12)13)9(15-2)8(7)11/h4-5H,3H2,1-2H3,(H,12,13). The highest BCUT2D eigenvalue weighted by Crippen LogP contribution is 2.30. The Morgan fingerprint density at radius 3 is 2.73 bits per heavy atom. The average molecular weight is 230 g/mol. The van der Waals surface area contributed by atoms with Crippen LogP contribution in [0.25, 0.3) is 0 Å². The van der Waals surface area contributed by atoms with Gasteiger partial charge in [-0.2, -0.15) is 0 Å². The highest BCUT2D eigenvalue weighted by molar-refractivity contribution is 7.98. The fourth-order valence-corrected chi connectivity index (χ4v) is 1.83. The van der Waals surface area contributed by atoms with Crippen molar-refractivity contribution in [3.63, 3.8) is 0 Å². The van der Waals surface area contributed by atoms with E-state index in [0.29, 0.717) is 6.61 Å². The van der Waals surface area contributed by atoms with Gasteiger partial charge >= 0.3 is 5.97 Å². The van der Waals surface area contributed by atoms with Gasteiger partial charge in [-0.05, 0) is 25.3 Å². The molecule has 0 saturated carbocycles. The molecule has 0 aliphatic rings. The lowest BCUT2D eigenvalue weighted by atomic mass is 10.2. The van der Waals surface area contributed by atoms with Crippen molar-refractivity contribution < 1.29 is 19.0 Å². The Bertz CT molecular complexity index is 379. The predicted molar refractivity (Wildman–Crippen MR) is 56.3 cm³/mol. The summed E-state index contributed by atoms with van der Waals surface area (Å²) in [6, 6.07) is 2.68. The Labute approximate surface area is 91.2 Å². The van der Waals surface area contributed by atoms with Crippen LogP contribution < -0.4 is 4.74 Å². The lowest BCUT2D eigenvalue weighted by Gasteiger charge is -2.09. The van der Waals surface area contributed by atoms with Gasteiger partial charge in [-0.3, -0.25) is 0 Å². The van der Waals surface area contributed by atoms with E-state index in [-0.39, 0.29) is 16.2 Å². The van der Waals surface area contributed by atoms with Crippen LogP contribution in [0, 0.1) is 5.82 Å². The number of aromatic carboxylic acids is 1. The molecule has 0 radical (unpaired) electrons. The second kappa shape index (κ2) is 5.02. The van der Waals surface area contributed by atoms with Crippen molar-refractivity contribution in [2.24, 2.45) is 0 Å². The van der Waals surface area contributed by atoms with Crippen LogP contribution >= 0.6 is 11.8 Å². The van der Waals surface area contributed by atoms with Crippen molar-refractivity contribution in [2.45, 2.75) is 11.8 Å². The van der Waals surface area contributed by atoms with Gasteiger partial charge in [-0.1, -0.05) is 0 Å². The molecule has 0 unspecified atom stereocenters. The fourth-order valence-electron chi connectivity index (χ4n) is 1.17. The van der Waals surface area contributed by atoms with Gasteiger partial charge in [-0.25, -0.2) is 9.18 Å². The summed E-state index contributed by atoms with van der Waals surface area (Å²) in [7, 11) is 0. The zero-order valence-electron chi connectivity index (χ0n) is 8.41. The van der Waals surface area contributed by atoms with E-state index >= 15 is 0 Å². The molecule has 0 aromatic heterocycles. The summed E-state index contributed by atoms with van der Waals surface area (Å²) in [5, 5.41) is 8.82. The van der Waals surface area contributed by atoms with Crippen molar-refractivity contribution in [3.8, 4) is 5.75 Å². The number of carboxylic acid groups (broad SMARTS) is 1. The Kier molecular flexibility index (Phi) is 3.96. The highest BCUT2D eigenvalue weighted by Gasteiger charge is 2.17. The third kappa shape index (κ3) is 2.41. The van der Waals surface area contributed by atoms with Crippen LogP contribution in [0.5, 0.6) is 5.75 Å². The van der Waals surface area contributed by atoms with Gasteiger partial charge in [0.1, 0.15) is 0 Å². The second-order valence-corrected chi connectivity index (χ2v) is 3.51. The van der Waals surface area contributed by atoms with Gasteiger partial charge in [0.2, 0.25) is 0 Å². The maximum absolute atomic E-state index is 13.7. The molecular formula is C10H11FO3S. The SMILES string of the molecule is CCOc1ccc(C(=O)O)c(SC)c1F. The Morgan fingerprint density at radius 2 is 2.27 bits per heavy atom. The van der Waals surface area contributed by atoms with Crippen LogP contribution in [-0.2, 0) is 0 Å². The number of hydrogen-bond donors (Lipinski definition) is 1. The molecule has 3 nitrogen and oxygen atoms in total. The molecule has 0 heterocycles. The average Bonchev–Trinajstić information content (AvgIpc) is 2.20. The molecule has 5 heteroatoms. The quantitative estimate of drug-likeness (QED) is 0.808. The first-order valence-corrected chi connectivity index (χ1v) is 5.56. The number of halogens is 1. The van der Waals surface area contributed by atoms with E-state index in [2.05, 4.69) is 0 Å². The molecule has 0 aliphatic heterocycles. The Morgan fingerprint density at radius 1 is 1.60 bits per heavy atom. The topological polar surface area (TPSA) is 46.5 Å². The molecule has 82 valence electrons. The fraction of sp³-hybridized carbons (Fsp3) is 0.300. The summed E-state index contributed by atoms with van der Waals surface area (Å²) >= 11 is 1.05. The highest BCUT2D eigenvalue weighted by atomic mass is 32.2. The first-order chi connectivity index (χ1) is 7.11. The van der Waals surface area contributed by atoms with E-state index < -0.39 is 11.8 Å². The van der Waals surface area contributed by atoms with Gasteiger partial charge in [0, 0.05) is 0 Å². The molecule has 0 spiro atoms. The summed E-state index contributed by atoms with van der Waals surface area (Å²) in [5.74, 6) is -1.66. The third-order valence-corrected chi connectivity index (χ3v) is 2.60. The molecule has 0 bridgehead atoms. The predicted octanol–water partition coefficient (Wildman–Crippen LogP) is 2.64. The molecule has 1 N–H and O–H groups in total. The molecule has 0 fully saturated rings. The summed E-state index contributed by atoms with van der Waals surface area (Å²) in [4.78, 5) is 10.9. The maximum Gasteiger partial charge on any atom is 0.336 e. The zero-order valence-corrected chi connectivity index (χ0v) is 9.23. The number of benzene rings is 1. The van der Waals surface area contributed by atoms with Crippen LogP contribution in [0.3, 0.4) is 0 Å². The van der Waals surface area contributed by atoms with Crippen molar-refractivity contribution in [2.75, 3.05) is 12.9 Å². The van der Waals surface area contributed by atoms with Gasteiger partial charge in [0.05, 0.1) is 17.1 Å². The smallest absolute Gasteiger partial charge is 0.336 e. The minimum atomic E-state index is -1.14. The first kappa shape index (κ1) is 11.8. The summed E-state index contributed by atoms with van der Waals surface area (Å²) in [5.41, 5.74) is -0.0385. The van der Waals surface area contributed by atoms with Crippen LogP contribution in [0.15, 0.2) is 17.0 Å². The molecular weight excluding hydrogens is 219 g/mol. The van der Waals surface area contributed by atoms with E-state index in [0.717, 1.165) is 11.8 Å². The van der Waals surface area contributed by atoms with E-state index in [1.807, 2.05) is 0 Å². The van der Waals surface area contributed by atoms with Gasteiger partial charge < -0.3 is 9.84 Å². The van der Waals surface area contributed by atoms with E-state index in [4.69, 9.17) is 9.84 Å². The number of rotatable bonds is 4. The van der Waals surface area contributed by atoms with Crippen LogP contribution in [0.4, 0.5) is 4.39 Å². The zero-order chi connectivity index (χ0) is 11.4. The van der Waals surface area contributed by atoms with Gasteiger partial charge in [0.25, 0.3) is 0 Å². The Hall–Kier alpha value is -1.23. The first-order valence-electron chi connectivity index (χ1n) is 4.34. The largest absolute Gasteiger partial charge is 0.491 e. The number of carboxylic acids is 1. The molecule has 0 amide bonds. The third-order valence-electron chi connectivity index (χ3n) is 1.80. The van der Waals surface area contributed by atoms with E-state index in [9.17, 15) is 9.18 Å². The molecule has 1 rings (SSSR count). The second-order valence-electron chi connectivity index (χ2n) is 2.70. The lowest BCUT2D eigenvalue weighted by Crippen LogP contribution is -2.03. The monoisotopic (exact) mass is 230 g/mol. The number of thioether (sulfide) groups is 1. The molecule has 1 aromatic carbocycles. The molecule has 0 atom stereocenters. The number of carbonyl (C=O) groups is 1. The van der Waals surface area contributed by atoms with Gasteiger partial charge in [0.15, 0.2) is 11.6 Å². The Balaban J connectivity index is 3.26.